The molecule has 8 atom stereocenters. The van der Waals surface area contributed by atoms with Gasteiger partial charge in [0.05, 0.1) is 0 Å². The zero-order valence-corrected chi connectivity index (χ0v) is 12.4. The molecule has 0 aromatic heterocycles. The standard InChI is InChI=1S/C14H24O6/c1-5-13(3)17-9-7(15)11-12(8(16)10(9)18-13)20-14(4,6-2)19-11/h7-12,15-16H,5-6H2,1-4H3/t7-,8-,9-,10-,11-,12+,13?,14?/m0/s1. The molecule has 0 spiro atoms. The van der Waals surface area contributed by atoms with Crippen LogP contribution in [0.3, 0.4) is 0 Å². The number of fused-ring (bicyclic) bond motifs is 2. The first kappa shape index (κ1) is 14.7. The zero-order chi connectivity index (χ0) is 14.7. The van der Waals surface area contributed by atoms with E-state index in [-0.39, 0.29) is 0 Å². The van der Waals surface area contributed by atoms with Crippen LogP contribution in [0, 0.1) is 0 Å². The van der Waals surface area contributed by atoms with Crippen molar-refractivity contribution in [2.45, 2.75) is 88.7 Å². The molecule has 3 fully saturated rings. The molecule has 2 N–H and O–H groups in total. The van der Waals surface area contributed by atoms with Crippen LogP contribution in [-0.4, -0.2) is 58.4 Å². The molecule has 2 aliphatic heterocycles. The maximum Gasteiger partial charge on any atom is 0.166 e. The van der Waals surface area contributed by atoms with Crippen molar-refractivity contribution in [2.24, 2.45) is 0 Å². The van der Waals surface area contributed by atoms with Gasteiger partial charge < -0.3 is 29.2 Å². The molecule has 0 aromatic carbocycles. The SMILES string of the molecule is CCC1(C)O[C@@H]2[C@@H](O)[C@@H]3OC(C)(CC)O[C@H]3[C@H](O)[C@@H]2O1. The minimum Gasteiger partial charge on any atom is -0.387 e. The van der Waals surface area contributed by atoms with Gasteiger partial charge in [-0.05, 0) is 26.7 Å². The molecule has 0 bridgehead atoms. The van der Waals surface area contributed by atoms with Gasteiger partial charge in [-0.25, -0.2) is 0 Å². The summed E-state index contributed by atoms with van der Waals surface area (Å²) >= 11 is 0. The van der Waals surface area contributed by atoms with E-state index in [9.17, 15) is 10.2 Å². The Bertz CT molecular complexity index is 326. The highest BCUT2D eigenvalue weighted by Crippen LogP contribution is 2.45. The second-order valence-corrected chi connectivity index (χ2v) is 6.29. The highest BCUT2D eigenvalue weighted by Gasteiger charge is 2.63. The van der Waals surface area contributed by atoms with Crippen LogP contribution in [0.4, 0.5) is 0 Å². The quantitative estimate of drug-likeness (QED) is 0.772. The van der Waals surface area contributed by atoms with Gasteiger partial charge in [0, 0.05) is 0 Å². The van der Waals surface area contributed by atoms with Gasteiger partial charge in [-0.2, -0.15) is 0 Å². The molecule has 0 aromatic rings. The van der Waals surface area contributed by atoms with Gasteiger partial charge in [0.1, 0.15) is 36.6 Å². The van der Waals surface area contributed by atoms with Crippen molar-refractivity contribution < 1.29 is 29.2 Å². The van der Waals surface area contributed by atoms with Crippen molar-refractivity contribution in [1.82, 2.24) is 0 Å². The Balaban J connectivity index is 1.85. The fourth-order valence-electron chi connectivity index (χ4n) is 3.24. The lowest BCUT2D eigenvalue weighted by Gasteiger charge is -2.38. The van der Waals surface area contributed by atoms with E-state index in [2.05, 4.69) is 0 Å². The van der Waals surface area contributed by atoms with Gasteiger partial charge in [-0.1, -0.05) is 13.8 Å². The summed E-state index contributed by atoms with van der Waals surface area (Å²) in [5.74, 6) is -1.55. The van der Waals surface area contributed by atoms with Gasteiger partial charge in [-0.15, -0.1) is 0 Å². The number of hydrogen-bond donors (Lipinski definition) is 2. The van der Waals surface area contributed by atoms with E-state index < -0.39 is 48.2 Å². The molecule has 2 heterocycles. The number of hydrogen-bond acceptors (Lipinski definition) is 6. The maximum absolute atomic E-state index is 10.5. The van der Waals surface area contributed by atoms with E-state index >= 15 is 0 Å². The third kappa shape index (κ3) is 2.01. The van der Waals surface area contributed by atoms with Crippen molar-refractivity contribution in [3.8, 4) is 0 Å². The third-order valence-electron chi connectivity index (χ3n) is 4.82. The summed E-state index contributed by atoms with van der Waals surface area (Å²) in [4.78, 5) is 0. The summed E-state index contributed by atoms with van der Waals surface area (Å²) in [5.41, 5.74) is 0. The second-order valence-electron chi connectivity index (χ2n) is 6.29. The molecule has 6 heteroatoms. The van der Waals surface area contributed by atoms with E-state index in [1.54, 1.807) is 0 Å². The topological polar surface area (TPSA) is 77.4 Å². The normalized spacial score (nSPS) is 58.5. The van der Waals surface area contributed by atoms with Crippen molar-refractivity contribution >= 4 is 0 Å². The summed E-state index contributed by atoms with van der Waals surface area (Å²) in [6, 6.07) is 0. The van der Waals surface area contributed by atoms with Gasteiger partial charge in [0.2, 0.25) is 0 Å². The second kappa shape index (κ2) is 4.63. The van der Waals surface area contributed by atoms with Crippen LogP contribution in [0.25, 0.3) is 0 Å². The smallest absolute Gasteiger partial charge is 0.166 e. The molecule has 1 aliphatic carbocycles. The summed E-state index contributed by atoms with van der Waals surface area (Å²) < 4.78 is 23.3. The van der Waals surface area contributed by atoms with Crippen LogP contribution in [-0.2, 0) is 18.9 Å². The number of ether oxygens (including phenoxy) is 4. The van der Waals surface area contributed by atoms with Gasteiger partial charge in [-0.3, -0.25) is 0 Å². The minimum atomic E-state index is -0.866. The molecular formula is C14H24O6. The van der Waals surface area contributed by atoms with Gasteiger partial charge >= 0.3 is 0 Å². The predicted octanol–water partition coefficient (Wildman–Crippen LogP) is 0.542. The van der Waals surface area contributed by atoms with E-state index in [0.29, 0.717) is 12.8 Å². The first-order valence-corrected chi connectivity index (χ1v) is 7.40. The lowest BCUT2D eigenvalue weighted by molar-refractivity contribution is -0.197. The van der Waals surface area contributed by atoms with Crippen LogP contribution in [0.1, 0.15) is 40.5 Å². The van der Waals surface area contributed by atoms with Crippen LogP contribution in [0.15, 0.2) is 0 Å². The third-order valence-corrected chi connectivity index (χ3v) is 4.82. The Morgan fingerprint density at radius 3 is 1.15 bits per heavy atom. The molecule has 3 aliphatic rings. The maximum atomic E-state index is 10.5. The predicted molar refractivity (Wildman–Crippen MR) is 68.9 cm³/mol. The molecule has 3 rings (SSSR count). The van der Waals surface area contributed by atoms with Crippen LogP contribution in [0.2, 0.25) is 0 Å². The first-order valence-electron chi connectivity index (χ1n) is 7.40. The molecule has 2 saturated heterocycles. The molecule has 6 nitrogen and oxygen atoms in total. The summed E-state index contributed by atoms with van der Waals surface area (Å²) in [6.07, 6.45) is -2.78. The number of rotatable bonds is 2. The largest absolute Gasteiger partial charge is 0.387 e. The fraction of sp³-hybridized carbons (Fsp3) is 1.00. The molecule has 0 amide bonds. The molecule has 1 saturated carbocycles. The minimum absolute atomic E-state index is 0.584. The Hall–Kier alpha value is -0.240. The Kier molecular flexibility index (Phi) is 3.40. The lowest BCUT2D eigenvalue weighted by Crippen LogP contribution is -2.61. The van der Waals surface area contributed by atoms with Crippen LogP contribution in [0.5, 0.6) is 0 Å². The monoisotopic (exact) mass is 288 g/mol. The Morgan fingerprint density at radius 2 is 0.950 bits per heavy atom. The van der Waals surface area contributed by atoms with Crippen molar-refractivity contribution in [1.29, 1.82) is 0 Å². The molecule has 116 valence electrons. The molecule has 0 radical (unpaired) electrons. The summed E-state index contributed by atoms with van der Waals surface area (Å²) in [5, 5.41) is 21.0. The summed E-state index contributed by atoms with van der Waals surface area (Å²) in [6.45, 7) is 7.52. The van der Waals surface area contributed by atoms with Gasteiger partial charge in [0.25, 0.3) is 0 Å². The highest BCUT2D eigenvalue weighted by atomic mass is 16.8. The van der Waals surface area contributed by atoms with Crippen molar-refractivity contribution in [2.75, 3.05) is 0 Å². The van der Waals surface area contributed by atoms with Crippen LogP contribution >= 0.6 is 0 Å². The molecular weight excluding hydrogens is 264 g/mol. The van der Waals surface area contributed by atoms with E-state index in [1.165, 1.54) is 0 Å². The average molecular weight is 288 g/mol. The van der Waals surface area contributed by atoms with E-state index in [0.717, 1.165) is 0 Å². The summed E-state index contributed by atoms with van der Waals surface area (Å²) in [7, 11) is 0. The number of aliphatic hydroxyl groups is 2. The van der Waals surface area contributed by atoms with E-state index in [4.69, 9.17) is 18.9 Å². The molecule has 20 heavy (non-hydrogen) atoms. The highest BCUT2D eigenvalue weighted by molar-refractivity contribution is 5.07. The van der Waals surface area contributed by atoms with Crippen molar-refractivity contribution in [3.63, 3.8) is 0 Å². The Labute approximate surface area is 119 Å². The zero-order valence-electron chi connectivity index (χ0n) is 12.4. The van der Waals surface area contributed by atoms with Crippen molar-refractivity contribution in [3.05, 3.63) is 0 Å². The Morgan fingerprint density at radius 1 is 0.700 bits per heavy atom. The fourth-order valence-corrected chi connectivity index (χ4v) is 3.24. The molecule has 2 unspecified atom stereocenters. The average Bonchev–Trinajstić information content (AvgIpc) is 2.96. The van der Waals surface area contributed by atoms with E-state index in [1.807, 2.05) is 27.7 Å². The number of aliphatic hydroxyl groups excluding tert-OH is 2. The lowest BCUT2D eigenvalue weighted by atomic mass is 9.85. The first-order chi connectivity index (χ1) is 9.32. The van der Waals surface area contributed by atoms with Gasteiger partial charge in [0.15, 0.2) is 11.6 Å². The van der Waals surface area contributed by atoms with Crippen LogP contribution < -0.4 is 0 Å².